The molecule has 0 heterocycles. The van der Waals surface area contributed by atoms with E-state index < -0.39 is 22.5 Å². The topological polar surface area (TPSA) is 113 Å². The van der Waals surface area contributed by atoms with Crippen molar-refractivity contribution in [1.82, 2.24) is 0 Å². The number of nitrogens with one attached hydrogen (secondary N) is 1. The van der Waals surface area contributed by atoms with E-state index in [2.05, 4.69) is 32.3 Å². The van der Waals surface area contributed by atoms with Crippen molar-refractivity contribution < 1.29 is 19.9 Å². The van der Waals surface area contributed by atoms with Crippen LogP contribution in [0.2, 0.25) is 0 Å². The van der Waals surface area contributed by atoms with Gasteiger partial charge in [0.25, 0.3) is 11.6 Å². The lowest BCUT2D eigenvalue weighted by molar-refractivity contribution is -0.384. The normalized spacial score (nSPS) is 28.3. The van der Waals surface area contributed by atoms with Crippen LogP contribution in [0.1, 0.15) is 70.9 Å². The molecular formula is C24H36N2O5. The van der Waals surface area contributed by atoms with Gasteiger partial charge in [-0.05, 0) is 81.3 Å². The van der Waals surface area contributed by atoms with Gasteiger partial charge in [0.05, 0.1) is 11.0 Å². The maximum atomic E-state index is 12.2. The third-order valence-corrected chi connectivity index (χ3v) is 7.58. The van der Waals surface area contributed by atoms with Crippen molar-refractivity contribution in [3.63, 3.8) is 0 Å². The van der Waals surface area contributed by atoms with Crippen molar-refractivity contribution in [2.45, 2.75) is 77.9 Å². The van der Waals surface area contributed by atoms with Gasteiger partial charge in [0.1, 0.15) is 11.3 Å². The van der Waals surface area contributed by atoms with Gasteiger partial charge in [0.15, 0.2) is 0 Å². The molecule has 7 heteroatoms. The van der Waals surface area contributed by atoms with Gasteiger partial charge in [-0.2, -0.15) is 0 Å². The fraction of sp³-hybridized carbons (Fsp3) is 0.625. The number of amides is 1. The summed E-state index contributed by atoms with van der Waals surface area (Å²) < 4.78 is 0. The number of nitro benzene ring substituents is 1. The second-order valence-electron chi connectivity index (χ2n) is 9.62. The first-order valence-electron chi connectivity index (χ1n) is 10.9. The lowest BCUT2D eigenvalue weighted by Crippen LogP contribution is -2.46. The SMILES string of the molecule is C=C.CC(O)C1(C)CCC2c3ccc(NC(=O)C(C)(C)O)c([N+](=O)[O-])c3CCC2C1C. The molecule has 0 aliphatic heterocycles. The summed E-state index contributed by atoms with van der Waals surface area (Å²) >= 11 is 0. The predicted octanol–water partition coefficient (Wildman–Crippen LogP) is 4.57. The van der Waals surface area contributed by atoms with Crippen LogP contribution in [-0.4, -0.2) is 32.7 Å². The zero-order valence-corrected chi connectivity index (χ0v) is 19.3. The van der Waals surface area contributed by atoms with Crippen LogP contribution in [0.15, 0.2) is 25.3 Å². The minimum atomic E-state index is -1.63. The van der Waals surface area contributed by atoms with E-state index in [-0.39, 0.29) is 22.7 Å². The first kappa shape index (κ1) is 25.0. The highest BCUT2D eigenvalue weighted by Gasteiger charge is 2.49. The molecule has 7 nitrogen and oxygen atoms in total. The number of benzene rings is 1. The van der Waals surface area contributed by atoms with E-state index >= 15 is 0 Å². The summed E-state index contributed by atoms with van der Waals surface area (Å²) in [5, 5.41) is 34.7. The molecule has 0 spiro atoms. The Morgan fingerprint density at radius 3 is 2.48 bits per heavy atom. The second kappa shape index (κ2) is 9.09. The number of hydrogen-bond donors (Lipinski definition) is 3. The molecule has 2 aliphatic carbocycles. The third-order valence-electron chi connectivity index (χ3n) is 7.58. The van der Waals surface area contributed by atoms with E-state index in [4.69, 9.17) is 0 Å². The molecule has 0 bridgehead atoms. The van der Waals surface area contributed by atoms with E-state index in [1.807, 2.05) is 13.0 Å². The number of fused-ring (bicyclic) bond motifs is 3. The van der Waals surface area contributed by atoms with Crippen LogP contribution in [0.4, 0.5) is 11.4 Å². The van der Waals surface area contributed by atoms with E-state index in [0.29, 0.717) is 23.8 Å². The number of aliphatic hydroxyl groups excluding tert-OH is 1. The van der Waals surface area contributed by atoms with Crippen LogP contribution in [0.5, 0.6) is 0 Å². The predicted molar refractivity (Wildman–Crippen MR) is 122 cm³/mol. The molecule has 0 saturated heterocycles. The average molecular weight is 433 g/mol. The molecule has 31 heavy (non-hydrogen) atoms. The van der Waals surface area contributed by atoms with Gasteiger partial charge in [-0.3, -0.25) is 14.9 Å². The molecule has 1 fully saturated rings. The Kier molecular flexibility index (Phi) is 7.33. The largest absolute Gasteiger partial charge is 0.393 e. The zero-order valence-electron chi connectivity index (χ0n) is 19.3. The van der Waals surface area contributed by atoms with Crippen LogP contribution in [0.25, 0.3) is 0 Å². The fourth-order valence-corrected chi connectivity index (χ4v) is 5.33. The van der Waals surface area contributed by atoms with Gasteiger partial charge in [0, 0.05) is 5.56 Å². The number of rotatable bonds is 4. The molecule has 0 radical (unpaired) electrons. The molecule has 1 aromatic carbocycles. The Morgan fingerprint density at radius 1 is 1.35 bits per heavy atom. The summed E-state index contributed by atoms with van der Waals surface area (Å²) in [6, 6.07) is 3.49. The van der Waals surface area contributed by atoms with Crippen molar-refractivity contribution in [3.8, 4) is 0 Å². The number of hydrogen-bond acceptors (Lipinski definition) is 5. The molecule has 5 atom stereocenters. The summed E-state index contributed by atoms with van der Waals surface area (Å²) in [5.41, 5.74) is -0.0111. The van der Waals surface area contributed by atoms with Gasteiger partial charge in [-0.15, -0.1) is 13.2 Å². The molecule has 2 aliphatic rings. The van der Waals surface area contributed by atoms with Gasteiger partial charge in [-0.25, -0.2) is 0 Å². The first-order chi connectivity index (χ1) is 14.4. The van der Waals surface area contributed by atoms with Crippen LogP contribution in [0, 0.1) is 27.4 Å². The zero-order chi connectivity index (χ0) is 23.7. The molecule has 172 valence electrons. The summed E-state index contributed by atoms with van der Waals surface area (Å²) in [5.74, 6) is 0.224. The average Bonchev–Trinajstić information content (AvgIpc) is 2.70. The van der Waals surface area contributed by atoms with Gasteiger partial charge in [0.2, 0.25) is 0 Å². The highest BCUT2D eigenvalue weighted by atomic mass is 16.6. The van der Waals surface area contributed by atoms with Crippen LogP contribution in [0.3, 0.4) is 0 Å². The summed E-state index contributed by atoms with van der Waals surface area (Å²) in [6.45, 7) is 14.9. The van der Waals surface area contributed by atoms with Gasteiger partial charge >= 0.3 is 0 Å². The number of nitro groups is 1. The Hall–Kier alpha value is -2.25. The standard InChI is InChI=1S/C22H32N2O5.C2H4/c1-12-14-6-7-17-15(16(14)10-11-22(12,5)13(2)25)8-9-18(19(17)24(28)29)23-20(26)21(3,4)27;1-2/h8-9,12-14,16,25,27H,6-7,10-11H2,1-5H3,(H,23,26);1-2H2. The van der Waals surface area contributed by atoms with Gasteiger partial charge in [-0.1, -0.05) is 19.9 Å². The summed E-state index contributed by atoms with van der Waals surface area (Å²) in [4.78, 5) is 23.7. The van der Waals surface area contributed by atoms with E-state index in [0.717, 1.165) is 24.8 Å². The van der Waals surface area contributed by atoms with E-state index in [1.165, 1.54) is 13.8 Å². The number of nitrogens with zero attached hydrogens (tertiary/aromatic N) is 1. The number of carbonyl (C=O) groups is 1. The maximum absolute atomic E-state index is 12.2. The summed E-state index contributed by atoms with van der Waals surface area (Å²) in [7, 11) is 0. The fourth-order valence-electron chi connectivity index (χ4n) is 5.33. The highest BCUT2D eigenvalue weighted by molar-refractivity contribution is 5.98. The highest BCUT2D eigenvalue weighted by Crippen LogP contribution is 2.57. The van der Waals surface area contributed by atoms with Crippen molar-refractivity contribution in [2.24, 2.45) is 17.3 Å². The minimum Gasteiger partial charge on any atom is -0.393 e. The van der Waals surface area contributed by atoms with Crippen molar-refractivity contribution in [3.05, 3.63) is 46.5 Å². The number of aliphatic hydroxyl groups is 2. The molecule has 0 aromatic heterocycles. The summed E-state index contributed by atoms with van der Waals surface area (Å²) in [6.07, 6.45) is 2.76. The molecule has 1 amide bonds. The number of anilines is 1. The van der Waals surface area contributed by atoms with Crippen molar-refractivity contribution in [2.75, 3.05) is 5.32 Å². The first-order valence-corrected chi connectivity index (χ1v) is 10.9. The molecule has 5 unspecified atom stereocenters. The van der Waals surface area contributed by atoms with E-state index in [9.17, 15) is 25.1 Å². The second-order valence-corrected chi connectivity index (χ2v) is 9.62. The Bertz CT molecular complexity index is 845. The minimum absolute atomic E-state index is 0.0601. The van der Waals surface area contributed by atoms with Crippen LogP contribution in [-0.2, 0) is 11.2 Å². The Balaban J connectivity index is 0.00000166. The lowest BCUT2D eigenvalue weighted by atomic mass is 9.54. The molecular weight excluding hydrogens is 396 g/mol. The molecule has 3 rings (SSSR count). The Labute approximate surface area is 184 Å². The lowest BCUT2D eigenvalue weighted by Gasteiger charge is -2.52. The van der Waals surface area contributed by atoms with Crippen LogP contribution < -0.4 is 5.32 Å². The quantitative estimate of drug-likeness (QED) is 0.366. The third kappa shape index (κ3) is 4.53. The molecule has 3 N–H and O–H groups in total. The van der Waals surface area contributed by atoms with E-state index in [1.54, 1.807) is 6.07 Å². The van der Waals surface area contributed by atoms with Crippen molar-refractivity contribution in [1.29, 1.82) is 0 Å². The van der Waals surface area contributed by atoms with Gasteiger partial charge < -0.3 is 15.5 Å². The maximum Gasteiger partial charge on any atom is 0.296 e. The molecule has 1 aromatic rings. The number of carbonyl (C=O) groups excluding carboxylic acids is 1. The molecule has 1 saturated carbocycles. The smallest absolute Gasteiger partial charge is 0.296 e. The van der Waals surface area contributed by atoms with Crippen LogP contribution >= 0.6 is 0 Å². The van der Waals surface area contributed by atoms with Crippen molar-refractivity contribution >= 4 is 17.3 Å². The monoisotopic (exact) mass is 432 g/mol. The Morgan fingerprint density at radius 2 is 1.97 bits per heavy atom.